The molecule has 3 heteroatoms. The molecule has 1 heterocycles. The molecule has 1 aromatic heterocycles. The first-order chi connectivity index (χ1) is 8.36. The second-order valence-corrected chi connectivity index (χ2v) is 5.20. The van der Waals surface area contributed by atoms with Crippen molar-refractivity contribution >= 4 is 11.3 Å². The predicted octanol–water partition coefficient (Wildman–Crippen LogP) is 3.56. The average Bonchev–Trinajstić information content (AvgIpc) is 2.87. The van der Waals surface area contributed by atoms with Gasteiger partial charge in [-0.2, -0.15) is 5.26 Å². The van der Waals surface area contributed by atoms with E-state index in [2.05, 4.69) is 29.3 Å². The van der Waals surface area contributed by atoms with Crippen molar-refractivity contribution in [1.29, 1.82) is 5.26 Å². The molecule has 2 nitrogen and oxygen atoms in total. The van der Waals surface area contributed by atoms with Crippen LogP contribution in [0.25, 0.3) is 11.3 Å². The summed E-state index contributed by atoms with van der Waals surface area (Å²) >= 11 is 1.41. The number of benzene rings is 1. The number of nitrogens with zero attached hydrogens (tertiary/aromatic N) is 2. The first kappa shape index (κ1) is 10.5. The molecule has 0 saturated heterocycles. The van der Waals surface area contributed by atoms with Gasteiger partial charge in [0.1, 0.15) is 6.07 Å². The van der Waals surface area contributed by atoms with Crippen LogP contribution in [0.15, 0.2) is 23.6 Å². The second-order valence-electron chi connectivity index (χ2n) is 4.34. The zero-order valence-corrected chi connectivity index (χ0v) is 10.3. The van der Waals surface area contributed by atoms with Gasteiger partial charge in [0.2, 0.25) is 0 Å². The summed E-state index contributed by atoms with van der Waals surface area (Å²) in [6.07, 6.45) is 4.98. The molecule has 0 N–H and O–H groups in total. The molecule has 0 amide bonds. The fraction of sp³-hybridized carbons (Fsp3) is 0.286. The standard InChI is InChI=1S/C14H12N2S/c15-8-14-16-13(9-17-14)12-6-5-10-3-1-2-4-11(10)7-12/h5-7,9H,1-4H2. The van der Waals surface area contributed by atoms with Crippen LogP contribution in [-0.4, -0.2) is 4.98 Å². The van der Waals surface area contributed by atoms with Gasteiger partial charge in [-0.1, -0.05) is 12.1 Å². The van der Waals surface area contributed by atoms with Crippen LogP contribution in [0.3, 0.4) is 0 Å². The number of hydrogen-bond acceptors (Lipinski definition) is 3. The largest absolute Gasteiger partial charge is 0.226 e. The topological polar surface area (TPSA) is 36.7 Å². The van der Waals surface area contributed by atoms with E-state index in [-0.39, 0.29) is 0 Å². The molecule has 0 bridgehead atoms. The minimum absolute atomic E-state index is 0.540. The highest BCUT2D eigenvalue weighted by molar-refractivity contribution is 7.10. The molecule has 0 saturated carbocycles. The Morgan fingerprint density at radius 1 is 1.18 bits per heavy atom. The summed E-state index contributed by atoms with van der Waals surface area (Å²) in [4.78, 5) is 4.31. The van der Waals surface area contributed by atoms with E-state index < -0.39 is 0 Å². The molecule has 84 valence electrons. The van der Waals surface area contributed by atoms with Crippen molar-refractivity contribution in [3.63, 3.8) is 0 Å². The summed E-state index contributed by atoms with van der Waals surface area (Å²) in [6, 6.07) is 8.67. The highest BCUT2D eigenvalue weighted by Gasteiger charge is 2.11. The van der Waals surface area contributed by atoms with Gasteiger partial charge in [-0.05, 0) is 42.9 Å². The number of nitriles is 1. The minimum atomic E-state index is 0.540. The van der Waals surface area contributed by atoms with Gasteiger partial charge in [-0.15, -0.1) is 11.3 Å². The minimum Gasteiger partial charge on any atom is -0.226 e. The smallest absolute Gasteiger partial charge is 0.194 e. The fourth-order valence-electron chi connectivity index (χ4n) is 2.35. The van der Waals surface area contributed by atoms with E-state index >= 15 is 0 Å². The molecule has 1 aliphatic rings. The summed E-state index contributed by atoms with van der Waals surface area (Å²) < 4.78 is 0. The van der Waals surface area contributed by atoms with Crippen LogP contribution < -0.4 is 0 Å². The lowest BCUT2D eigenvalue weighted by Gasteiger charge is -2.15. The zero-order chi connectivity index (χ0) is 11.7. The molecule has 2 aromatic rings. The summed E-state index contributed by atoms with van der Waals surface area (Å²) in [6.45, 7) is 0. The van der Waals surface area contributed by atoms with Crippen LogP contribution in [0.4, 0.5) is 0 Å². The first-order valence-corrected chi connectivity index (χ1v) is 6.72. The van der Waals surface area contributed by atoms with E-state index in [9.17, 15) is 0 Å². The lowest BCUT2D eigenvalue weighted by atomic mass is 9.90. The Balaban J connectivity index is 2.01. The average molecular weight is 240 g/mol. The molecule has 17 heavy (non-hydrogen) atoms. The number of aryl methyl sites for hydroxylation is 2. The Hall–Kier alpha value is -1.66. The van der Waals surface area contributed by atoms with Crippen molar-refractivity contribution in [2.45, 2.75) is 25.7 Å². The molecular formula is C14H12N2S. The first-order valence-electron chi connectivity index (χ1n) is 5.84. The third-order valence-corrected chi connectivity index (χ3v) is 3.99. The molecule has 1 aromatic carbocycles. The molecule has 0 atom stereocenters. The van der Waals surface area contributed by atoms with Gasteiger partial charge in [-0.25, -0.2) is 4.98 Å². The third-order valence-electron chi connectivity index (χ3n) is 3.24. The summed E-state index contributed by atoms with van der Waals surface area (Å²) in [5.74, 6) is 0. The van der Waals surface area contributed by atoms with Crippen LogP contribution in [0.1, 0.15) is 29.0 Å². The van der Waals surface area contributed by atoms with Gasteiger partial charge in [0.05, 0.1) is 5.69 Å². The van der Waals surface area contributed by atoms with Gasteiger partial charge in [0, 0.05) is 10.9 Å². The van der Waals surface area contributed by atoms with Crippen LogP contribution in [0.5, 0.6) is 0 Å². The Morgan fingerprint density at radius 2 is 2.00 bits per heavy atom. The molecule has 0 aliphatic heterocycles. The Labute approximate surface area is 105 Å². The molecule has 0 fully saturated rings. The van der Waals surface area contributed by atoms with Gasteiger partial charge < -0.3 is 0 Å². The number of hydrogen-bond donors (Lipinski definition) is 0. The van der Waals surface area contributed by atoms with Crippen molar-refractivity contribution in [2.24, 2.45) is 0 Å². The van der Waals surface area contributed by atoms with Gasteiger partial charge in [0.15, 0.2) is 5.01 Å². The highest BCUT2D eigenvalue weighted by atomic mass is 32.1. The van der Waals surface area contributed by atoms with Crippen molar-refractivity contribution < 1.29 is 0 Å². The molecule has 1 aliphatic carbocycles. The van der Waals surface area contributed by atoms with E-state index in [1.54, 1.807) is 0 Å². The Morgan fingerprint density at radius 3 is 2.76 bits per heavy atom. The van der Waals surface area contributed by atoms with E-state index in [0.29, 0.717) is 5.01 Å². The van der Waals surface area contributed by atoms with E-state index in [1.165, 1.54) is 48.1 Å². The van der Waals surface area contributed by atoms with E-state index in [0.717, 1.165) is 11.3 Å². The maximum absolute atomic E-state index is 8.79. The summed E-state index contributed by atoms with van der Waals surface area (Å²) in [5.41, 5.74) is 5.01. The zero-order valence-electron chi connectivity index (χ0n) is 9.44. The van der Waals surface area contributed by atoms with Crippen molar-refractivity contribution in [1.82, 2.24) is 4.98 Å². The number of thiazole rings is 1. The number of fused-ring (bicyclic) bond motifs is 1. The highest BCUT2D eigenvalue weighted by Crippen LogP contribution is 2.28. The Bertz CT molecular complexity index is 593. The van der Waals surface area contributed by atoms with Gasteiger partial charge in [0.25, 0.3) is 0 Å². The van der Waals surface area contributed by atoms with Crippen molar-refractivity contribution in [3.8, 4) is 17.3 Å². The van der Waals surface area contributed by atoms with Crippen LogP contribution in [0.2, 0.25) is 0 Å². The normalized spacial score (nSPS) is 14.1. The molecular weight excluding hydrogens is 228 g/mol. The molecule has 0 radical (unpaired) electrons. The summed E-state index contributed by atoms with van der Waals surface area (Å²) in [5, 5.41) is 11.3. The number of rotatable bonds is 1. The maximum atomic E-state index is 8.79. The summed E-state index contributed by atoms with van der Waals surface area (Å²) in [7, 11) is 0. The third kappa shape index (κ3) is 1.96. The predicted molar refractivity (Wildman–Crippen MR) is 68.9 cm³/mol. The molecule has 3 rings (SSSR count). The van der Waals surface area contributed by atoms with E-state index in [4.69, 9.17) is 5.26 Å². The number of aromatic nitrogens is 1. The maximum Gasteiger partial charge on any atom is 0.194 e. The Kier molecular flexibility index (Phi) is 2.66. The lowest BCUT2D eigenvalue weighted by Crippen LogP contribution is -2.02. The molecule has 0 spiro atoms. The van der Waals surface area contributed by atoms with Gasteiger partial charge >= 0.3 is 0 Å². The van der Waals surface area contributed by atoms with Gasteiger partial charge in [-0.3, -0.25) is 0 Å². The SMILES string of the molecule is N#Cc1nc(-c2ccc3c(c2)CCCC3)cs1. The lowest BCUT2D eigenvalue weighted by molar-refractivity contribution is 0.686. The van der Waals surface area contributed by atoms with Crippen LogP contribution in [-0.2, 0) is 12.8 Å². The second kappa shape index (κ2) is 4.31. The van der Waals surface area contributed by atoms with E-state index in [1.807, 2.05) is 5.38 Å². The van der Waals surface area contributed by atoms with Crippen LogP contribution >= 0.6 is 11.3 Å². The van der Waals surface area contributed by atoms with Crippen molar-refractivity contribution in [2.75, 3.05) is 0 Å². The van der Waals surface area contributed by atoms with Crippen LogP contribution in [0, 0.1) is 11.3 Å². The monoisotopic (exact) mass is 240 g/mol. The molecule has 0 unspecified atom stereocenters. The van der Waals surface area contributed by atoms with Crippen molar-refractivity contribution in [3.05, 3.63) is 39.7 Å². The quantitative estimate of drug-likeness (QED) is 0.764. The fourth-order valence-corrected chi connectivity index (χ4v) is 2.97.